The second kappa shape index (κ2) is 9.88. The molecular weight excluding hydrogens is 122 g/mol. The van der Waals surface area contributed by atoms with E-state index in [1.165, 1.54) is 0 Å². The summed E-state index contributed by atoms with van der Waals surface area (Å²) in [6.07, 6.45) is 0. The van der Waals surface area contributed by atoms with Crippen LogP contribution in [0.2, 0.25) is 0 Å². The minimum Gasteiger partial charge on any atom is -0.358 e. The van der Waals surface area contributed by atoms with Crippen LogP contribution in [0.4, 0.5) is 0 Å². The van der Waals surface area contributed by atoms with Crippen molar-refractivity contribution >= 4 is 7.80 Å². The summed E-state index contributed by atoms with van der Waals surface area (Å²) in [4.78, 5) is 0. The molecule has 0 heterocycles. The van der Waals surface area contributed by atoms with Gasteiger partial charge in [0.1, 0.15) is 6.66 Å². The van der Waals surface area contributed by atoms with E-state index >= 15 is 0 Å². The topological polar surface area (TPSA) is 17.1 Å². The van der Waals surface area contributed by atoms with E-state index in [0.29, 0.717) is 0 Å². The van der Waals surface area contributed by atoms with Crippen LogP contribution < -0.4 is 51.4 Å². The van der Waals surface area contributed by atoms with Gasteiger partial charge in [0.05, 0.1) is 0 Å². The average Bonchev–Trinajstić information content (AvgIpc) is 0.811. The third kappa shape index (κ3) is 42.7. The first-order valence-electron chi connectivity index (χ1n) is 0.946. The molecule has 0 radical (unpaired) electrons. The minimum absolute atomic E-state index is 0. The Labute approximate surface area is 83.1 Å². The van der Waals surface area contributed by atoms with E-state index in [0.717, 1.165) is 0 Å². The monoisotopic (exact) mass is 130 g/mol. The van der Waals surface area contributed by atoms with Crippen LogP contribution in [0.25, 0.3) is 0 Å². The zero-order chi connectivity index (χ0) is 3.58. The van der Waals surface area contributed by atoms with E-state index in [2.05, 4.69) is 6.66 Å². The summed E-state index contributed by atoms with van der Waals surface area (Å²) >= 11 is 0. The van der Waals surface area contributed by atoms with Gasteiger partial charge in [-0.3, -0.25) is 0 Å². The standard InChI is InChI=1S/C2H5OP.CH3.K/c1-4(2)3;;/h1H2,2H3;1H3;/q;-1;+1. The molecule has 0 amide bonds. The molecule has 6 heavy (non-hydrogen) atoms. The van der Waals surface area contributed by atoms with Gasteiger partial charge in [0.25, 0.3) is 0 Å². The molecule has 0 N–H and O–H groups in total. The van der Waals surface area contributed by atoms with E-state index in [-0.39, 0.29) is 58.8 Å². The first kappa shape index (κ1) is 15.6. The van der Waals surface area contributed by atoms with E-state index in [1.54, 1.807) is 6.66 Å². The summed E-state index contributed by atoms with van der Waals surface area (Å²) in [5.74, 6) is 0. The van der Waals surface area contributed by atoms with Gasteiger partial charge in [-0.25, -0.2) is 0 Å². The smallest absolute Gasteiger partial charge is 0.358 e. The van der Waals surface area contributed by atoms with Gasteiger partial charge in [-0.1, -0.05) is 6.66 Å². The Morgan fingerprint density at radius 3 is 1.67 bits per heavy atom. The zero-order valence-electron chi connectivity index (χ0n) is 4.56. The van der Waals surface area contributed by atoms with Crippen molar-refractivity contribution in [1.29, 1.82) is 0 Å². The van der Waals surface area contributed by atoms with Crippen LogP contribution in [0.5, 0.6) is 0 Å². The molecule has 0 aromatic heterocycles. The van der Waals surface area contributed by atoms with Crippen LogP contribution in [0.15, 0.2) is 0 Å². The molecule has 0 rings (SSSR count). The fourth-order valence-corrected chi connectivity index (χ4v) is 0. The van der Waals surface area contributed by atoms with Gasteiger partial charge in [-0.15, -0.1) is 4.57 Å². The van der Waals surface area contributed by atoms with Crippen molar-refractivity contribution in [2.75, 3.05) is 6.66 Å². The zero-order valence-corrected chi connectivity index (χ0v) is 8.58. The molecule has 0 fully saturated rings. The SMILES string of the molecule is [CH2-][P+](C)=O.[CH3-].[K+]. The second-order valence-corrected chi connectivity index (χ2v) is 1.88. The van der Waals surface area contributed by atoms with Crippen LogP contribution in [0.3, 0.4) is 0 Å². The van der Waals surface area contributed by atoms with Gasteiger partial charge >= 0.3 is 51.4 Å². The Morgan fingerprint density at radius 1 is 1.67 bits per heavy atom. The molecule has 0 spiro atoms. The van der Waals surface area contributed by atoms with Crippen molar-refractivity contribution < 1.29 is 55.9 Å². The maximum atomic E-state index is 9.48. The summed E-state index contributed by atoms with van der Waals surface area (Å²) in [6, 6.07) is 0. The molecule has 0 aromatic rings. The predicted octanol–water partition coefficient (Wildman–Crippen LogP) is -1.31. The molecule has 0 aliphatic heterocycles. The van der Waals surface area contributed by atoms with Gasteiger partial charge < -0.3 is 7.43 Å². The molecule has 0 aromatic carbocycles. The first-order valence-corrected chi connectivity index (χ1v) is 2.84. The van der Waals surface area contributed by atoms with Gasteiger partial charge in [0, 0.05) is 0 Å². The van der Waals surface area contributed by atoms with E-state index < -0.39 is 7.80 Å². The summed E-state index contributed by atoms with van der Waals surface area (Å²) in [5.41, 5.74) is 0. The fourth-order valence-electron chi connectivity index (χ4n) is 0. The molecule has 0 saturated carbocycles. The molecule has 1 atom stereocenters. The van der Waals surface area contributed by atoms with Crippen molar-refractivity contribution in [3.63, 3.8) is 0 Å². The Morgan fingerprint density at radius 2 is 1.67 bits per heavy atom. The third-order valence-corrected chi connectivity index (χ3v) is 0. The van der Waals surface area contributed by atoms with Crippen LogP contribution in [0, 0.1) is 14.1 Å². The van der Waals surface area contributed by atoms with E-state index in [4.69, 9.17) is 0 Å². The van der Waals surface area contributed by atoms with Gasteiger partial charge in [-0.2, -0.15) is 0 Å². The van der Waals surface area contributed by atoms with Gasteiger partial charge in [0.2, 0.25) is 0 Å². The quantitative estimate of drug-likeness (QED) is 0.226. The van der Waals surface area contributed by atoms with Gasteiger partial charge in [-0.05, 0) is 0 Å². The molecule has 0 saturated heterocycles. The minimum atomic E-state index is -1.12. The molecule has 1 nitrogen and oxygen atoms in total. The number of hydrogen-bond acceptors (Lipinski definition) is 1. The molecule has 3 heteroatoms. The first-order chi connectivity index (χ1) is 1.73. The maximum absolute atomic E-state index is 9.48. The average molecular weight is 130 g/mol. The molecule has 0 aliphatic carbocycles. The van der Waals surface area contributed by atoms with Crippen molar-refractivity contribution in [2.24, 2.45) is 0 Å². The maximum Gasteiger partial charge on any atom is 1.00 e. The summed E-state index contributed by atoms with van der Waals surface area (Å²) in [6.45, 7) is 4.71. The largest absolute Gasteiger partial charge is 1.00 e. The predicted molar refractivity (Wildman–Crippen MR) is 25.3 cm³/mol. The molecule has 32 valence electrons. The second-order valence-electron chi connectivity index (χ2n) is 0.628. The van der Waals surface area contributed by atoms with Crippen LogP contribution in [-0.2, 0) is 4.57 Å². The summed E-state index contributed by atoms with van der Waals surface area (Å²) in [5, 5.41) is 0. The van der Waals surface area contributed by atoms with Gasteiger partial charge in [0.15, 0.2) is 7.80 Å². The molecule has 0 bridgehead atoms. The summed E-state index contributed by atoms with van der Waals surface area (Å²) in [7, 11) is -1.12. The normalized spacial score (nSPS) is 7.33. The Hall–Kier alpha value is 1.74. The van der Waals surface area contributed by atoms with Crippen LogP contribution in [0.1, 0.15) is 0 Å². The molecular formula is C3H8KOP. The fraction of sp³-hybridized carbons (Fsp3) is 0.333. The van der Waals surface area contributed by atoms with Crippen molar-refractivity contribution in [3.05, 3.63) is 14.1 Å². The Kier molecular flexibility index (Phi) is 25.8. The number of rotatable bonds is 0. The molecule has 0 aliphatic rings. The third-order valence-electron chi connectivity index (χ3n) is 0. The Bertz CT molecular complexity index is 33.8. The van der Waals surface area contributed by atoms with Crippen molar-refractivity contribution in [1.82, 2.24) is 0 Å². The van der Waals surface area contributed by atoms with Crippen LogP contribution >= 0.6 is 7.80 Å². The Balaban J connectivity index is -0.0000000450. The number of hydrogen-bond donors (Lipinski definition) is 0. The van der Waals surface area contributed by atoms with Crippen LogP contribution in [-0.4, -0.2) is 6.66 Å². The van der Waals surface area contributed by atoms with E-state index in [9.17, 15) is 4.57 Å². The molecule has 1 unspecified atom stereocenters. The van der Waals surface area contributed by atoms with Crippen molar-refractivity contribution in [3.8, 4) is 0 Å². The van der Waals surface area contributed by atoms with Crippen molar-refractivity contribution in [2.45, 2.75) is 0 Å². The van der Waals surface area contributed by atoms with E-state index in [1.807, 2.05) is 0 Å². The summed E-state index contributed by atoms with van der Waals surface area (Å²) < 4.78 is 9.48.